The van der Waals surface area contributed by atoms with Crippen LogP contribution in [-0.2, 0) is 0 Å². The van der Waals surface area contributed by atoms with E-state index < -0.39 is 0 Å². The number of hydrogen-bond donors (Lipinski definition) is 0. The molecule has 0 N–H and O–H groups in total. The Morgan fingerprint density at radius 1 is 0.229 bits per heavy atom. The van der Waals surface area contributed by atoms with Gasteiger partial charge in [0.1, 0.15) is 0 Å². The number of hydrogen-bond acceptors (Lipinski definition) is 0. The maximum atomic E-state index is 4.93. The summed E-state index contributed by atoms with van der Waals surface area (Å²) in [5.41, 5.74) is 0. The van der Waals surface area contributed by atoms with Gasteiger partial charge >= 0.3 is 0 Å². The van der Waals surface area contributed by atoms with Gasteiger partial charge in [-0.1, -0.05) is 0 Å². The molecule has 0 saturated carbocycles. The molecular weight excluding hydrogens is 419 g/mol. The minimum atomic E-state index is 1.69. The van der Waals surface area contributed by atoms with Crippen molar-refractivity contribution in [2.24, 2.45) is 0 Å². The molecule has 142 valence electrons. The summed E-state index contributed by atoms with van der Waals surface area (Å²) in [5, 5.41) is 0. The van der Waals surface area contributed by atoms with Gasteiger partial charge in [-0.15, -0.1) is 6.42 Å². The molecule has 0 nitrogen and oxygen atoms in total. The van der Waals surface area contributed by atoms with Gasteiger partial charge in [-0.2, -0.15) is 5.82 Å². The van der Waals surface area contributed by atoms with Crippen LogP contribution in [0.5, 0.6) is 0 Å². The fourth-order valence-electron chi connectivity index (χ4n) is 1.00. The molecule has 0 aliphatic rings. The lowest BCUT2D eigenvalue weighted by molar-refractivity contribution is 2.32. The second-order valence-electron chi connectivity index (χ2n) is 4.27. The molecule has 0 unspecified atom stereocenters. The SMILES string of the molecule is BC#CC#CC#CC#CC#CC#CC#CC#CC#CC#CC#CC#CC#CC#CC#CC#CC#C. The highest BCUT2D eigenvalue weighted by molar-refractivity contribution is 6.22. The summed E-state index contributed by atoms with van der Waals surface area (Å²) in [5.74, 6) is 81.9. The van der Waals surface area contributed by atoms with Crippen molar-refractivity contribution < 1.29 is 0 Å². The molecule has 0 bridgehead atoms. The van der Waals surface area contributed by atoms with E-state index >= 15 is 0 Å². The molecule has 0 heterocycles. The van der Waals surface area contributed by atoms with Crippen LogP contribution in [0.4, 0.5) is 0 Å². The van der Waals surface area contributed by atoms with Crippen molar-refractivity contribution in [2.45, 2.75) is 0 Å². The van der Waals surface area contributed by atoms with Gasteiger partial charge in [-0.3, -0.25) is 0 Å². The molecule has 0 aliphatic carbocycles. The maximum Gasteiger partial charge on any atom is 0.196 e. The van der Waals surface area contributed by atoms with Crippen molar-refractivity contribution in [1.29, 1.82) is 0 Å². The first kappa shape index (κ1) is 27.6. The van der Waals surface area contributed by atoms with Gasteiger partial charge in [0, 0.05) is 94.7 Å². The summed E-state index contributed by atoms with van der Waals surface area (Å²) in [6.45, 7) is 0. The third kappa shape index (κ3) is 26.6. The van der Waals surface area contributed by atoms with E-state index in [-0.39, 0.29) is 0 Å². The zero-order valence-corrected chi connectivity index (χ0v) is 18.1. The molecule has 0 aromatic heterocycles. The minimum Gasteiger partial charge on any atom is -0.151 e. The fraction of sp³-hybridized carbons (Fsp3) is 0. The lowest BCUT2D eigenvalue weighted by Gasteiger charge is -1.57. The van der Waals surface area contributed by atoms with Crippen molar-refractivity contribution in [3.8, 4) is 202 Å². The maximum absolute atomic E-state index is 4.93. The van der Waals surface area contributed by atoms with Gasteiger partial charge in [-0.05, 0) is 94.7 Å². The largest absolute Gasteiger partial charge is 0.196 e. The third-order valence-corrected chi connectivity index (χ3v) is 2.07. The van der Waals surface area contributed by atoms with Crippen molar-refractivity contribution in [2.75, 3.05) is 0 Å². The highest BCUT2D eigenvalue weighted by Crippen LogP contribution is 1.60. The molecule has 0 aromatic rings. The minimum absolute atomic E-state index is 1.69. The van der Waals surface area contributed by atoms with E-state index in [9.17, 15) is 0 Å². The standard InChI is InChI=1S/C34H3B/c1-2-3-4-5-6-7-8-9-10-11-12-13-14-15-16-17-18-19-20-21-22-23-24-25-26-27-28-29-30-31-32-33-34-35/h1H,35H2. The summed E-state index contributed by atoms with van der Waals surface area (Å²) >= 11 is 0. The number of rotatable bonds is 0. The molecule has 0 aromatic carbocycles. The summed E-state index contributed by atoms with van der Waals surface area (Å²) in [4.78, 5) is 0. The summed E-state index contributed by atoms with van der Waals surface area (Å²) in [6.07, 6.45) is 4.93. The first-order valence-corrected chi connectivity index (χ1v) is 8.79. The zero-order chi connectivity index (χ0) is 25.3. The Bertz CT molecular complexity index is 1940. The first-order chi connectivity index (χ1) is 17.4. The zero-order valence-electron chi connectivity index (χ0n) is 18.1. The summed E-state index contributed by atoms with van der Waals surface area (Å²) < 4.78 is 0. The van der Waals surface area contributed by atoms with E-state index in [0.29, 0.717) is 0 Å². The summed E-state index contributed by atoms with van der Waals surface area (Å²) in [6, 6.07) is 0. The van der Waals surface area contributed by atoms with Crippen molar-refractivity contribution in [3.05, 3.63) is 0 Å². The molecule has 0 fully saturated rings. The second kappa shape index (κ2) is 26.6. The van der Waals surface area contributed by atoms with Gasteiger partial charge in [0.05, 0.1) is 0 Å². The molecule has 1 heteroatoms. The highest BCUT2D eigenvalue weighted by atomic mass is 13.6. The normalized spacial score (nSPS) is 3.86. The molecule has 35 heavy (non-hydrogen) atoms. The second-order valence-corrected chi connectivity index (χ2v) is 4.27. The first-order valence-electron chi connectivity index (χ1n) is 8.79. The van der Waals surface area contributed by atoms with Crippen LogP contribution in [0.1, 0.15) is 0 Å². The number of terminal acetylenes is 1. The Morgan fingerprint density at radius 3 is 0.514 bits per heavy atom. The highest BCUT2D eigenvalue weighted by Gasteiger charge is 1.60. The lowest BCUT2D eigenvalue weighted by atomic mass is 10.2. The average Bonchev–Trinajstić information content (AvgIpc) is 2.87. The lowest BCUT2D eigenvalue weighted by Crippen LogP contribution is -1.57. The van der Waals surface area contributed by atoms with Crippen LogP contribution in [0.15, 0.2) is 0 Å². The van der Waals surface area contributed by atoms with Crippen molar-refractivity contribution >= 4 is 7.85 Å². The Hall–Kier alpha value is -7.42. The van der Waals surface area contributed by atoms with Crippen molar-refractivity contribution in [3.63, 3.8) is 0 Å². The van der Waals surface area contributed by atoms with Gasteiger partial charge < -0.3 is 0 Å². The van der Waals surface area contributed by atoms with Gasteiger partial charge in [0.15, 0.2) is 7.85 Å². The molecule has 0 rings (SSSR count). The van der Waals surface area contributed by atoms with Crippen LogP contribution < -0.4 is 0 Å². The Kier molecular flexibility index (Phi) is 21.0. The van der Waals surface area contributed by atoms with Crippen molar-refractivity contribution in [1.82, 2.24) is 0 Å². The topological polar surface area (TPSA) is 0 Å². The molecule has 0 atom stereocenters. The van der Waals surface area contributed by atoms with E-state index in [4.69, 9.17) is 6.42 Å². The van der Waals surface area contributed by atoms with Crippen LogP contribution in [0.25, 0.3) is 0 Å². The van der Waals surface area contributed by atoms with E-state index in [0.717, 1.165) is 0 Å². The molecule has 0 spiro atoms. The molecule has 0 saturated heterocycles. The fourth-order valence-corrected chi connectivity index (χ4v) is 1.00. The van der Waals surface area contributed by atoms with Gasteiger partial charge in [0.2, 0.25) is 0 Å². The molecular formula is C34H3B. The van der Waals surface area contributed by atoms with E-state index in [1.807, 2.05) is 0 Å². The van der Waals surface area contributed by atoms with Crippen LogP contribution in [0.3, 0.4) is 0 Å². The Balaban J connectivity index is 4.49. The quantitative estimate of drug-likeness (QED) is 0.357. The van der Waals surface area contributed by atoms with Crippen LogP contribution in [-0.4, -0.2) is 7.85 Å². The molecule has 0 aliphatic heterocycles. The van der Waals surface area contributed by atoms with Crippen LogP contribution in [0, 0.1) is 202 Å². The van der Waals surface area contributed by atoms with E-state index in [2.05, 4.69) is 195 Å². The summed E-state index contributed by atoms with van der Waals surface area (Å²) in [7, 11) is 1.69. The van der Waals surface area contributed by atoms with Gasteiger partial charge in [0.25, 0.3) is 0 Å². The van der Waals surface area contributed by atoms with Crippen LogP contribution in [0.2, 0.25) is 0 Å². The van der Waals surface area contributed by atoms with E-state index in [1.54, 1.807) is 7.85 Å². The Morgan fingerprint density at radius 2 is 0.371 bits per heavy atom. The predicted molar refractivity (Wildman–Crippen MR) is 142 cm³/mol. The third-order valence-electron chi connectivity index (χ3n) is 2.07. The smallest absolute Gasteiger partial charge is 0.151 e. The van der Waals surface area contributed by atoms with Gasteiger partial charge in [-0.25, -0.2) is 0 Å². The monoisotopic (exact) mass is 422 g/mol. The predicted octanol–water partition coefficient (Wildman–Crippen LogP) is -0.735. The Labute approximate surface area is 209 Å². The van der Waals surface area contributed by atoms with E-state index in [1.165, 1.54) is 0 Å². The van der Waals surface area contributed by atoms with Crippen LogP contribution >= 0.6 is 0 Å². The molecule has 0 radical (unpaired) electrons. The average molecular weight is 422 g/mol. The molecule has 0 amide bonds.